The normalized spacial score (nSPS) is 13.4. The van der Waals surface area contributed by atoms with Crippen molar-refractivity contribution >= 4 is 16.7 Å². The lowest BCUT2D eigenvalue weighted by Crippen LogP contribution is -2.16. The highest BCUT2D eigenvalue weighted by molar-refractivity contribution is 6.07. The lowest BCUT2D eigenvalue weighted by Gasteiger charge is -2.26. The van der Waals surface area contributed by atoms with Gasteiger partial charge in [0.2, 0.25) is 0 Å². The number of hydrogen-bond acceptors (Lipinski definition) is 4. The Bertz CT molecular complexity index is 1400. The van der Waals surface area contributed by atoms with Crippen LogP contribution >= 0.6 is 0 Å². The molecule has 5 nitrogen and oxygen atoms in total. The molecular weight excluding hydrogens is 476 g/mol. The van der Waals surface area contributed by atoms with Gasteiger partial charge in [0.1, 0.15) is 5.75 Å². The van der Waals surface area contributed by atoms with Crippen LogP contribution in [0.15, 0.2) is 60.7 Å². The summed E-state index contributed by atoms with van der Waals surface area (Å²) in [6.45, 7) is 5.12. The van der Waals surface area contributed by atoms with Gasteiger partial charge in [-0.25, -0.2) is 13.6 Å². The minimum atomic E-state index is -1.04. The van der Waals surface area contributed by atoms with E-state index in [1.807, 2.05) is 19.9 Å². The molecule has 7 heteroatoms. The van der Waals surface area contributed by atoms with E-state index in [-0.39, 0.29) is 24.7 Å². The van der Waals surface area contributed by atoms with Gasteiger partial charge in [0.05, 0.1) is 22.3 Å². The van der Waals surface area contributed by atoms with Crippen LogP contribution in [0.5, 0.6) is 5.75 Å². The minimum Gasteiger partial charge on any atom is -0.507 e. The van der Waals surface area contributed by atoms with Crippen LogP contribution in [0.3, 0.4) is 0 Å². The molecule has 2 heterocycles. The summed E-state index contributed by atoms with van der Waals surface area (Å²) in [5.74, 6) is -2.93. The number of halogens is 2. The van der Waals surface area contributed by atoms with Crippen LogP contribution in [0, 0.1) is 11.6 Å². The molecule has 1 aliphatic heterocycles. The number of aromatic carboxylic acids is 1. The molecule has 2 N–H and O–H groups in total. The Labute approximate surface area is 215 Å². The fraction of sp³-hybridized carbons (Fsp3) is 0.267. The molecule has 3 aromatic carbocycles. The fourth-order valence-electron chi connectivity index (χ4n) is 4.57. The van der Waals surface area contributed by atoms with Crippen molar-refractivity contribution in [2.75, 3.05) is 13.2 Å². The molecule has 0 spiro atoms. The zero-order chi connectivity index (χ0) is 25.8. The molecule has 0 radical (unpaired) electrons. The van der Waals surface area contributed by atoms with Crippen LogP contribution in [-0.2, 0) is 4.74 Å². The summed E-state index contributed by atoms with van der Waals surface area (Å²) in [6, 6.07) is 15.1. The zero-order valence-corrected chi connectivity index (χ0v) is 20.1. The second kappa shape index (κ2) is 11.9. The molecule has 0 atom stereocenters. The summed E-state index contributed by atoms with van der Waals surface area (Å²) in [7, 11) is 0. The van der Waals surface area contributed by atoms with Crippen molar-refractivity contribution in [3.05, 3.63) is 83.6 Å². The highest BCUT2D eigenvalue weighted by Crippen LogP contribution is 2.44. The lowest BCUT2D eigenvalue weighted by molar-refractivity contribution is 0.0697. The van der Waals surface area contributed by atoms with Crippen LogP contribution in [0.4, 0.5) is 8.78 Å². The van der Waals surface area contributed by atoms with Crippen molar-refractivity contribution in [1.29, 1.82) is 0 Å². The first-order valence-corrected chi connectivity index (χ1v) is 12.0. The van der Waals surface area contributed by atoms with Gasteiger partial charge in [-0.05, 0) is 54.1 Å². The Morgan fingerprint density at radius 1 is 0.946 bits per heavy atom. The number of benzene rings is 3. The Hall–Kier alpha value is -3.84. The van der Waals surface area contributed by atoms with Gasteiger partial charge < -0.3 is 14.9 Å². The quantitative estimate of drug-likeness (QED) is 0.294. The van der Waals surface area contributed by atoms with Gasteiger partial charge in [0.15, 0.2) is 11.6 Å². The topological polar surface area (TPSA) is 79.7 Å². The molecule has 4 aromatic rings. The minimum absolute atomic E-state index is 0. The number of fused-ring (bicyclic) bond motifs is 1. The molecule has 1 fully saturated rings. The van der Waals surface area contributed by atoms with Crippen molar-refractivity contribution in [2.45, 2.75) is 40.0 Å². The Kier molecular flexibility index (Phi) is 8.95. The maximum atomic E-state index is 14.3. The molecule has 37 heavy (non-hydrogen) atoms. The number of carboxylic acid groups (broad SMARTS) is 1. The van der Waals surface area contributed by atoms with Gasteiger partial charge >= 0.3 is 5.97 Å². The van der Waals surface area contributed by atoms with Gasteiger partial charge in [-0.2, -0.15) is 0 Å². The third kappa shape index (κ3) is 5.47. The summed E-state index contributed by atoms with van der Waals surface area (Å²) in [4.78, 5) is 16.3. The van der Waals surface area contributed by atoms with E-state index in [4.69, 9.17) is 9.72 Å². The molecule has 194 valence electrons. The number of phenolic OH excluding ortho intramolecular Hbond substituents is 1. The van der Waals surface area contributed by atoms with Crippen LogP contribution in [0.1, 0.15) is 56.1 Å². The predicted molar refractivity (Wildman–Crippen MR) is 142 cm³/mol. The van der Waals surface area contributed by atoms with E-state index in [9.17, 15) is 23.8 Å². The van der Waals surface area contributed by atoms with Gasteiger partial charge in [-0.1, -0.05) is 51.6 Å². The van der Waals surface area contributed by atoms with E-state index in [1.165, 1.54) is 18.2 Å². The summed E-state index contributed by atoms with van der Waals surface area (Å²) < 4.78 is 33.5. The van der Waals surface area contributed by atoms with E-state index in [2.05, 4.69) is 0 Å². The molecule has 1 aromatic heterocycles. The first-order chi connectivity index (χ1) is 17.4. The molecule has 1 aliphatic rings. The molecule has 0 amide bonds. The maximum Gasteiger partial charge on any atom is 0.335 e. The van der Waals surface area contributed by atoms with E-state index >= 15 is 0 Å². The molecular formula is C30H31F2NO4. The van der Waals surface area contributed by atoms with Crippen LogP contribution in [0.2, 0.25) is 0 Å². The Balaban J connectivity index is 0.00000124. The summed E-state index contributed by atoms with van der Waals surface area (Å²) in [6.07, 6.45) is 1.43. The third-order valence-electron chi connectivity index (χ3n) is 6.26. The highest BCUT2D eigenvalue weighted by Gasteiger charge is 2.26. The second-order valence-electron chi connectivity index (χ2n) is 8.32. The van der Waals surface area contributed by atoms with Gasteiger partial charge in [-0.15, -0.1) is 0 Å². The number of aromatic hydroxyl groups is 1. The average Bonchev–Trinajstić information content (AvgIpc) is 2.91. The summed E-state index contributed by atoms with van der Waals surface area (Å²) >= 11 is 0. The number of hydrogen-bond donors (Lipinski definition) is 2. The zero-order valence-electron chi connectivity index (χ0n) is 20.1. The first kappa shape index (κ1) is 27.7. The number of nitrogens with zero attached hydrogens (tertiary/aromatic N) is 1. The monoisotopic (exact) mass is 507 g/mol. The number of carboxylic acids is 1. The van der Waals surface area contributed by atoms with Crippen molar-refractivity contribution < 1.29 is 28.5 Å². The number of pyridine rings is 1. The summed E-state index contributed by atoms with van der Waals surface area (Å²) in [5, 5.41) is 21.2. The highest BCUT2D eigenvalue weighted by atomic mass is 19.2. The second-order valence-corrected chi connectivity index (χ2v) is 8.32. The van der Waals surface area contributed by atoms with Gasteiger partial charge in [0.25, 0.3) is 0 Å². The third-order valence-corrected chi connectivity index (χ3v) is 6.26. The largest absolute Gasteiger partial charge is 0.507 e. The fourth-order valence-corrected chi connectivity index (χ4v) is 4.57. The lowest BCUT2D eigenvalue weighted by atomic mass is 9.86. The van der Waals surface area contributed by atoms with Crippen molar-refractivity contribution in [1.82, 2.24) is 4.98 Å². The Morgan fingerprint density at radius 3 is 2.22 bits per heavy atom. The molecule has 0 bridgehead atoms. The number of rotatable bonds is 4. The molecule has 0 saturated carbocycles. The van der Waals surface area contributed by atoms with E-state index < -0.39 is 17.6 Å². The van der Waals surface area contributed by atoms with E-state index in [0.29, 0.717) is 64.9 Å². The molecule has 1 saturated heterocycles. The smallest absolute Gasteiger partial charge is 0.335 e. The van der Waals surface area contributed by atoms with Crippen molar-refractivity contribution in [2.24, 2.45) is 0 Å². The van der Waals surface area contributed by atoms with Crippen LogP contribution in [-0.4, -0.2) is 34.4 Å². The number of ether oxygens (including phenoxy) is 1. The molecule has 5 rings (SSSR count). The Morgan fingerprint density at radius 2 is 1.59 bits per heavy atom. The van der Waals surface area contributed by atoms with Crippen molar-refractivity contribution in [3.8, 4) is 28.1 Å². The van der Waals surface area contributed by atoms with Gasteiger partial charge in [0, 0.05) is 30.3 Å². The van der Waals surface area contributed by atoms with Crippen molar-refractivity contribution in [3.63, 3.8) is 0 Å². The standard InChI is InChI=1S/C27H21F2NO4.C2H6.CH4/c28-20-9-8-18(14-21(20)29)23-19-2-1-3-22(31)24(19)26(15-4-6-17(7-5-15)27(32)33)30-25(23)16-10-12-34-13-11-16;1-2;/h1-9,14,16,31H,10-13H2,(H,32,33);1-2H3;1H4. The number of phenols is 1. The molecule has 0 aliphatic carbocycles. The SMILES string of the molecule is C.CC.O=C(O)c1ccc(-c2nc(C3CCOCC3)c(-c3ccc(F)c(F)c3)c3cccc(O)c23)cc1. The van der Waals surface area contributed by atoms with Crippen LogP contribution in [0.25, 0.3) is 33.2 Å². The maximum absolute atomic E-state index is 14.3. The first-order valence-electron chi connectivity index (χ1n) is 12.0. The van der Waals surface area contributed by atoms with E-state index in [0.717, 1.165) is 12.1 Å². The van der Waals surface area contributed by atoms with E-state index in [1.54, 1.807) is 24.3 Å². The molecule has 0 unspecified atom stereocenters. The average molecular weight is 508 g/mol. The summed E-state index contributed by atoms with van der Waals surface area (Å²) in [5.41, 5.74) is 3.10. The number of aromatic nitrogens is 1. The van der Waals surface area contributed by atoms with Crippen LogP contribution < -0.4 is 0 Å². The van der Waals surface area contributed by atoms with Gasteiger partial charge in [-0.3, -0.25) is 4.98 Å². The predicted octanol–water partition coefficient (Wildman–Crippen LogP) is 7.81. The number of carbonyl (C=O) groups is 1.